The van der Waals surface area contributed by atoms with Crippen LogP contribution in [-0.2, 0) is 12.0 Å². The first-order chi connectivity index (χ1) is 14.4. The lowest BCUT2D eigenvalue weighted by Crippen LogP contribution is -2.21. The predicted molar refractivity (Wildman–Crippen MR) is 117 cm³/mol. The number of ether oxygens (including phenoxy) is 1. The van der Waals surface area contributed by atoms with Crippen molar-refractivity contribution in [3.05, 3.63) is 69.6 Å². The Balaban J connectivity index is 1.62. The Labute approximate surface area is 175 Å². The third-order valence-electron chi connectivity index (χ3n) is 5.71. The molecular formula is C24H26N2O4. The minimum Gasteiger partial charge on any atom is -0.496 e. The highest BCUT2D eigenvalue weighted by atomic mass is 16.5. The fraction of sp³-hybridized carbons (Fsp3) is 0.333. The molecule has 1 saturated carbocycles. The first-order valence-corrected chi connectivity index (χ1v) is 10.3. The number of hydrogen-bond acceptors (Lipinski definition) is 5. The van der Waals surface area contributed by atoms with Crippen molar-refractivity contribution in [1.29, 1.82) is 0 Å². The molecule has 3 N–H and O–H groups in total. The van der Waals surface area contributed by atoms with Crippen molar-refractivity contribution >= 4 is 22.6 Å². The van der Waals surface area contributed by atoms with Crippen LogP contribution in [-0.4, -0.2) is 13.0 Å². The number of nitrogens with two attached hydrogens (primary N) is 1. The fourth-order valence-corrected chi connectivity index (χ4v) is 3.67. The molecule has 6 heteroatoms. The molecule has 0 unspecified atom stereocenters. The van der Waals surface area contributed by atoms with E-state index in [1.165, 1.54) is 0 Å². The van der Waals surface area contributed by atoms with Gasteiger partial charge in [-0.2, -0.15) is 0 Å². The monoisotopic (exact) mass is 406 g/mol. The van der Waals surface area contributed by atoms with Crippen molar-refractivity contribution in [3.8, 4) is 5.75 Å². The highest BCUT2D eigenvalue weighted by Crippen LogP contribution is 2.42. The second kappa shape index (κ2) is 7.95. The number of nitrogens with one attached hydrogen (secondary N) is 1. The Bertz CT molecular complexity index is 1140. The standard InChI is InChI=1S/C24H26N2O4/c1-3-4-5-18-20(29-2)11-6-15-14-19(23(28)30-21(15)18)22(27)26-17-9-7-16(8-10-17)24(25)12-13-24/h6-11,14H,3-5,12-13,25H2,1-2H3,(H,26,27). The molecule has 4 rings (SSSR count). The second-order valence-corrected chi connectivity index (χ2v) is 7.90. The highest BCUT2D eigenvalue weighted by Gasteiger charge is 2.39. The maximum atomic E-state index is 12.7. The number of amides is 1. The van der Waals surface area contributed by atoms with Crippen molar-refractivity contribution in [2.75, 3.05) is 12.4 Å². The molecule has 6 nitrogen and oxygen atoms in total. The molecule has 0 radical (unpaired) electrons. The van der Waals surface area contributed by atoms with E-state index >= 15 is 0 Å². The molecule has 0 bridgehead atoms. The van der Waals surface area contributed by atoms with E-state index in [2.05, 4.69) is 12.2 Å². The Hall–Kier alpha value is -3.12. The molecule has 0 saturated heterocycles. The van der Waals surface area contributed by atoms with E-state index in [9.17, 15) is 9.59 Å². The van der Waals surface area contributed by atoms with Crippen LogP contribution in [0.15, 0.2) is 51.7 Å². The molecule has 1 fully saturated rings. The van der Waals surface area contributed by atoms with E-state index < -0.39 is 11.5 Å². The highest BCUT2D eigenvalue weighted by molar-refractivity contribution is 6.05. The zero-order valence-corrected chi connectivity index (χ0v) is 17.3. The Morgan fingerprint density at radius 2 is 1.93 bits per heavy atom. The average molecular weight is 406 g/mol. The molecule has 1 aliphatic carbocycles. The van der Waals surface area contributed by atoms with Crippen LogP contribution in [0.3, 0.4) is 0 Å². The molecule has 30 heavy (non-hydrogen) atoms. The number of rotatable bonds is 7. The van der Waals surface area contributed by atoms with Gasteiger partial charge < -0.3 is 20.2 Å². The van der Waals surface area contributed by atoms with E-state index in [0.29, 0.717) is 22.4 Å². The van der Waals surface area contributed by atoms with E-state index in [0.717, 1.165) is 43.2 Å². The van der Waals surface area contributed by atoms with Gasteiger partial charge in [-0.3, -0.25) is 4.79 Å². The smallest absolute Gasteiger partial charge is 0.349 e. The van der Waals surface area contributed by atoms with Crippen LogP contribution in [0.5, 0.6) is 5.75 Å². The van der Waals surface area contributed by atoms with Crippen LogP contribution in [0, 0.1) is 0 Å². The number of benzene rings is 2. The molecular weight excluding hydrogens is 380 g/mol. The summed E-state index contributed by atoms with van der Waals surface area (Å²) in [6.45, 7) is 2.10. The summed E-state index contributed by atoms with van der Waals surface area (Å²) in [5.41, 5.74) is 8.27. The number of anilines is 1. The van der Waals surface area contributed by atoms with Crippen LogP contribution in [0.2, 0.25) is 0 Å². The van der Waals surface area contributed by atoms with Gasteiger partial charge in [0.2, 0.25) is 0 Å². The Kier molecular flexibility index (Phi) is 5.35. The lowest BCUT2D eigenvalue weighted by Gasteiger charge is -2.12. The molecule has 0 aliphatic heterocycles. The molecule has 156 valence electrons. The number of fused-ring (bicyclic) bond motifs is 1. The van der Waals surface area contributed by atoms with Gasteiger partial charge in [-0.15, -0.1) is 0 Å². The van der Waals surface area contributed by atoms with Gasteiger partial charge in [0.15, 0.2) is 0 Å². The third-order valence-corrected chi connectivity index (χ3v) is 5.71. The Morgan fingerprint density at radius 1 is 1.20 bits per heavy atom. The number of methoxy groups -OCH3 is 1. The van der Waals surface area contributed by atoms with Gasteiger partial charge >= 0.3 is 5.63 Å². The SMILES string of the molecule is CCCCc1c(OC)ccc2cc(C(=O)Nc3ccc(C4(N)CC4)cc3)c(=O)oc12. The van der Waals surface area contributed by atoms with Crippen LogP contribution < -0.4 is 21.4 Å². The largest absolute Gasteiger partial charge is 0.496 e. The number of unbranched alkanes of at least 4 members (excludes halogenated alkanes) is 1. The van der Waals surface area contributed by atoms with Crippen LogP contribution in [0.25, 0.3) is 11.0 Å². The van der Waals surface area contributed by atoms with E-state index in [4.69, 9.17) is 14.9 Å². The van der Waals surface area contributed by atoms with Gasteiger partial charge in [0, 0.05) is 22.2 Å². The van der Waals surface area contributed by atoms with Gasteiger partial charge in [-0.1, -0.05) is 25.5 Å². The molecule has 0 atom stereocenters. The van der Waals surface area contributed by atoms with Crippen molar-refractivity contribution in [2.24, 2.45) is 5.73 Å². The maximum Gasteiger partial charge on any atom is 0.349 e. The zero-order chi connectivity index (χ0) is 21.3. The number of hydrogen-bond donors (Lipinski definition) is 2. The summed E-state index contributed by atoms with van der Waals surface area (Å²) in [6, 6.07) is 12.7. The van der Waals surface area contributed by atoms with Gasteiger partial charge in [0.1, 0.15) is 16.9 Å². The van der Waals surface area contributed by atoms with Crippen LogP contribution in [0.4, 0.5) is 5.69 Å². The fourth-order valence-electron chi connectivity index (χ4n) is 3.67. The maximum absolute atomic E-state index is 12.7. The molecule has 1 amide bonds. The third kappa shape index (κ3) is 3.83. The minimum absolute atomic E-state index is 0.0318. The number of carbonyl (C=O) groups excluding carboxylic acids is 1. The van der Waals surface area contributed by atoms with E-state index in [1.54, 1.807) is 31.4 Å². The van der Waals surface area contributed by atoms with Gasteiger partial charge in [-0.05, 0) is 61.6 Å². The molecule has 1 aliphatic rings. The molecule has 1 aromatic heterocycles. The molecule has 2 aromatic carbocycles. The van der Waals surface area contributed by atoms with Crippen molar-refractivity contribution in [3.63, 3.8) is 0 Å². The summed E-state index contributed by atoms with van der Waals surface area (Å²) in [7, 11) is 1.59. The first kappa shape index (κ1) is 20.2. The van der Waals surface area contributed by atoms with Gasteiger partial charge in [0.25, 0.3) is 5.91 Å². The molecule has 3 aromatic rings. The van der Waals surface area contributed by atoms with Gasteiger partial charge in [0.05, 0.1) is 7.11 Å². The summed E-state index contributed by atoms with van der Waals surface area (Å²) in [5.74, 6) is 0.183. The van der Waals surface area contributed by atoms with Crippen LogP contribution >= 0.6 is 0 Å². The minimum atomic E-state index is -0.665. The molecule has 1 heterocycles. The van der Waals surface area contributed by atoms with E-state index in [-0.39, 0.29) is 11.1 Å². The predicted octanol–water partition coefficient (Wildman–Crippen LogP) is 4.34. The summed E-state index contributed by atoms with van der Waals surface area (Å²) < 4.78 is 11.0. The van der Waals surface area contributed by atoms with Crippen molar-refractivity contribution in [2.45, 2.75) is 44.6 Å². The van der Waals surface area contributed by atoms with Gasteiger partial charge in [-0.25, -0.2) is 4.79 Å². The van der Waals surface area contributed by atoms with Crippen molar-refractivity contribution in [1.82, 2.24) is 0 Å². The topological polar surface area (TPSA) is 94.6 Å². The number of aryl methyl sites for hydroxylation is 1. The quantitative estimate of drug-likeness (QED) is 0.569. The second-order valence-electron chi connectivity index (χ2n) is 7.90. The number of carbonyl (C=O) groups is 1. The summed E-state index contributed by atoms with van der Waals surface area (Å²) in [5, 5.41) is 3.47. The summed E-state index contributed by atoms with van der Waals surface area (Å²) in [4.78, 5) is 25.3. The Morgan fingerprint density at radius 3 is 2.57 bits per heavy atom. The summed E-state index contributed by atoms with van der Waals surface area (Å²) in [6.07, 6.45) is 4.64. The van der Waals surface area contributed by atoms with Crippen LogP contribution in [0.1, 0.15) is 54.1 Å². The normalized spacial score (nSPS) is 14.5. The molecule has 0 spiro atoms. The van der Waals surface area contributed by atoms with E-state index in [1.807, 2.05) is 18.2 Å². The average Bonchev–Trinajstić information content (AvgIpc) is 3.50. The lowest BCUT2D eigenvalue weighted by atomic mass is 10.0. The van der Waals surface area contributed by atoms with Crippen molar-refractivity contribution < 1.29 is 13.9 Å². The first-order valence-electron chi connectivity index (χ1n) is 10.3. The zero-order valence-electron chi connectivity index (χ0n) is 17.3. The lowest BCUT2D eigenvalue weighted by molar-refractivity contribution is 0.102. The summed E-state index contributed by atoms with van der Waals surface area (Å²) >= 11 is 0.